The lowest BCUT2D eigenvalue weighted by Gasteiger charge is -2.49. The molecular weight excluding hydrogens is 442 g/mol. The van der Waals surface area contributed by atoms with Crippen LogP contribution >= 0.6 is 0 Å². The fraction of sp³-hybridized carbons (Fsp3) is 0.708. The van der Waals surface area contributed by atoms with Crippen LogP contribution < -0.4 is 20.1 Å². The van der Waals surface area contributed by atoms with Gasteiger partial charge in [-0.15, -0.1) is 10.3 Å². The van der Waals surface area contributed by atoms with Crippen molar-refractivity contribution in [3.8, 4) is 11.5 Å². The third-order valence-electron chi connectivity index (χ3n) is 5.84. The quantitative estimate of drug-likeness (QED) is 0.670. The molecule has 0 unspecified atom stereocenters. The average Bonchev–Trinajstić information content (AvgIpc) is 2.76. The number of amides is 2. The highest BCUT2D eigenvalue weighted by Gasteiger charge is 2.46. The molecule has 10 heteroatoms. The van der Waals surface area contributed by atoms with Crippen molar-refractivity contribution < 1.29 is 33.7 Å². The number of nitrogens with zero attached hydrogens (tertiary/aromatic N) is 1. The standard InChI is InChI=1S/C24H38N3O7/c1-23(2)16-19(17-24(3,4)27(23)29)26-22(28)25-18-5-6-20-21(15-18)34-14-12-32-10-8-30-7-9-31-11-13-33-20/h5-6,15,19H,7-14,16-17H2,1-4H3,(H2,25,26,28). The fourth-order valence-electron chi connectivity index (χ4n) is 4.50. The van der Waals surface area contributed by atoms with Gasteiger partial charge >= 0.3 is 6.03 Å². The molecule has 3 rings (SSSR count). The minimum Gasteiger partial charge on any atom is -0.487 e. The number of benzene rings is 1. The smallest absolute Gasteiger partial charge is 0.319 e. The van der Waals surface area contributed by atoms with E-state index in [0.717, 1.165) is 5.06 Å². The van der Waals surface area contributed by atoms with Crippen LogP contribution in [-0.2, 0) is 19.4 Å². The number of carbonyl (C=O) groups excluding carboxylic acids is 1. The highest BCUT2D eigenvalue weighted by molar-refractivity contribution is 5.89. The Bertz CT molecular complexity index is 785. The molecule has 0 saturated carbocycles. The first-order valence-electron chi connectivity index (χ1n) is 11.9. The van der Waals surface area contributed by atoms with Gasteiger partial charge in [-0.2, -0.15) is 0 Å². The third kappa shape index (κ3) is 7.71. The van der Waals surface area contributed by atoms with Crippen molar-refractivity contribution in [1.82, 2.24) is 10.4 Å². The van der Waals surface area contributed by atoms with Gasteiger partial charge < -0.3 is 34.3 Å². The van der Waals surface area contributed by atoms with Crippen LogP contribution in [0.4, 0.5) is 10.5 Å². The van der Waals surface area contributed by atoms with Crippen LogP contribution in [-0.4, -0.2) is 81.1 Å². The number of urea groups is 1. The Morgan fingerprint density at radius 2 is 1.32 bits per heavy atom. The monoisotopic (exact) mass is 480 g/mol. The van der Waals surface area contributed by atoms with Crippen LogP contribution in [0.2, 0.25) is 0 Å². The van der Waals surface area contributed by atoms with E-state index in [-0.39, 0.29) is 12.1 Å². The number of hydroxylamine groups is 2. The first kappa shape index (κ1) is 26.5. The maximum absolute atomic E-state index is 12.7. The summed E-state index contributed by atoms with van der Waals surface area (Å²) in [5, 5.41) is 19.6. The summed E-state index contributed by atoms with van der Waals surface area (Å²) in [6, 6.07) is 4.80. The van der Waals surface area contributed by atoms with Gasteiger partial charge in [0.1, 0.15) is 13.2 Å². The van der Waals surface area contributed by atoms with Crippen molar-refractivity contribution in [2.75, 3.05) is 58.2 Å². The Morgan fingerprint density at radius 3 is 1.88 bits per heavy atom. The third-order valence-corrected chi connectivity index (χ3v) is 5.84. The van der Waals surface area contributed by atoms with E-state index in [1.165, 1.54) is 0 Å². The zero-order valence-corrected chi connectivity index (χ0v) is 20.7. The largest absolute Gasteiger partial charge is 0.487 e. The summed E-state index contributed by atoms with van der Waals surface area (Å²) in [6.45, 7) is 11.1. The summed E-state index contributed by atoms with van der Waals surface area (Å²) in [6.07, 6.45) is 1.14. The molecule has 1 saturated heterocycles. The Morgan fingerprint density at radius 1 is 0.824 bits per heavy atom. The summed E-state index contributed by atoms with van der Waals surface area (Å²) in [5.74, 6) is 1.07. The molecule has 0 aromatic heterocycles. The van der Waals surface area contributed by atoms with Gasteiger partial charge in [0.05, 0.1) is 39.6 Å². The lowest BCUT2D eigenvalue weighted by atomic mass is 9.79. The molecule has 191 valence electrons. The summed E-state index contributed by atoms with van der Waals surface area (Å²) in [4.78, 5) is 12.7. The molecule has 34 heavy (non-hydrogen) atoms. The van der Waals surface area contributed by atoms with E-state index in [4.69, 9.17) is 23.7 Å². The van der Waals surface area contributed by atoms with Gasteiger partial charge in [-0.1, -0.05) is 0 Å². The molecule has 1 radical (unpaired) electrons. The first-order valence-corrected chi connectivity index (χ1v) is 11.9. The highest BCUT2D eigenvalue weighted by atomic mass is 16.6. The second-order valence-electron chi connectivity index (χ2n) is 9.82. The average molecular weight is 481 g/mol. The molecule has 0 spiro atoms. The van der Waals surface area contributed by atoms with Crippen LogP contribution in [0.15, 0.2) is 18.2 Å². The van der Waals surface area contributed by atoms with Crippen molar-refractivity contribution in [2.45, 2.75) is 57.7 Å². The number of carbonyl (C=O) groups is 1. The van der Waals surface area contributed by atoms with Crippen molar-refractivity contribution in [3.63, 3.8) is 0 Å². The van der Waals surface area contributed by atoms with Crippen LogP contribution in [0.3, 0.4) is 0 Å². The summed E-state index contributed by atoms with van der Waals surface area (Å²) < 4.78 is 28.1. The summed E-state index contributed by atoms with van der Waals surface area (Å²) >= 11 is 0. The zero-order valence-electron chi connectivity index (χ0n) is 20.7. The number of piperidine rings is 1. The maximum atomic E-state index is 12.7. The molecule has 0 aliphatic carbocycles. The molecule has 1 aromatic rings. The van der Waals surface area contributed by atoms with E-state index in [1.54, 1.807) is 18.2 Å². The van der Waals surface area contributed by atoms with E-state index >= 15 is 0 Å². The van der Waals surface area contributed by atoms with E-state index in [1.807, 2.05) is 27.7 Å². The second-order valence-corrected chi connectivity index (χ2v) is 9.82. The molecule has 1 fully saturated rings. The van der Waals surface area contributed by atoms with Crippen LogP contribution in [0.1, 0.15) is 40.5 Å². The Hall–Kier alpha value is -2.11. The van der Waals surface area contributed by atoms with Gasteiger partial charge in [0.15, 0.2) is 11.5 Å². The van der Waals surface area contributed by atoms with Crippen molar-refractivity contribution in [3.05, 3.63) is 18.2 Å². The molecule has 0 atom stereocenters. The van der Waals surface area contributed by atoms with Crippen molar-refractivity contribution in [1.29, 1.82) is 0 Å². The van der Waals surface area contributed by atoms with Gasteiger partial charge in [-0.3, -0.25) is 0 Å². The Balaban J connectivity index is 1.61. The Kier molecular flexibility index (Phi) is 9.38. The van der Waals surface area contributed by atoms with E-state index in [2.05, 4.69) is 10.6 Å². The lowest BCUT2D eigenvalue weighted by Crippen LogP contribution is -2.62. The van der Waals surface area contributed by atoms with Gasteiger partial charge in [0.25, 0.3) is 0 Å². The van der Waals surface area contributed by atoms with E-state index in [9.17, 15) is 10.0 Å². The van der Waals surface area contributed by atoms with Crippen LogP contribution in [0, 0.1) is 0 Å². The number of hydrogen-bond donors (Lipinski definition) is 2. The number of nitrogens with one attached hydrogen (secondary N) is 2. The minimum absolute atomic E-state index is 0.114. The van der Waals surface area contributed by atoms with Gasteiger partial charge in [-0.05, 0) is 52.7 Å². The Labute approximate surface area is 201 Å². The normalized spacial score (nSPS) is 22.7. The number of fused-ring (bicyclic) bond motifs is 1. The molecule has 2 N–H and O–H groups in total. The second kappa shape index (κ2) is 12.0. The number of rotatable bonds is 2. The summed E-state index contributed by atoms with van der Waals surface area (Å²) in [5.41, 5.74) is -0.545. The van der Waals surface area contributed by atoms with Crippen LogP contribution in [0.25, 0.3) is 0 Å². The predicted molar refractivity (Wildman–Crippen MR) is 126 cm³/mol. The lowest BCUT2D eigenvalue weighted by molar-refractivity contribution is -0.289. The molecule has 10 nitrogen and oxygen atoms in total. The molecule has 2 aliphatic rings. The minimum atomic E-state index is -0.558. The molecule has 2 heterocycles. The van der Waals surface area contributed by atoms with Crippen molar-refractivity contribution in [2.24, 2.45) is 0 Å². The predicted octanol–water partition coefficient (Wildman–Crippen LogP) is 3.00. The zero-order chi connectivity index (χ0) is 24.6. The molecule has 2 aliphatic heterocycles. The SMILES string of the molecule is CC1(C)CC(NC(=O)Nc2ccc3c(c2)OCCOCCOCCOCCO3)CC(C)(C)N1[O]. The van der Waals surface area contributed by atoms with Gasteiger partial charge in [0.2, 0.25) is 0 Å². The molecule has 2 amide bonds. The molecular formula is C24H38N3O7. The number of ether oxygens (including phenoxy) is 5. The maximum Gasteiger partial charge on any atom is 0.319 e. The molecule has 0 bridgehead atoms. The van der Waals surface area contributed by atoms with Gasteiger partial charge in [-0.25, -0.2) is 4.79 Å². The van der Waals surface area contributed by atoms with Crippen LogP contribution in [0.5, 0.6) is 11.5 Å². The topological polar surface area (TPSA) is 110 Å². The van der Waals surface area contributed by atoms with E-state index < -0.39 is 11.1 Å². The summed E-state index contributed by atoms with van der Waals surface area (Å²) in [7, 11) is 0. The fourth-order valence-corrected chi connectivity index (χ4v) is 4.50. The van der Waals surface area contributed by atoms with Gasteiger partial charge in [0, 0.05) is 28.9 Å². The number of hydrogen-bond acceptors (Lipinski definition) is 7. The number of anilines is 1. The highest BCUT2D eigenvalue weighted by Crippen LogP contribution is 2.37. The van der Waals surface area contributed by atoms with E-state index in [0.29, 0.717) is 82.9 Å². The molecule has 1 aromatic carbocycles. The first-order chi connectivity index (χ1) is 16.2. The van der Waals surface area contributed by atoms with Crippen molar-refractivity contribution >= 4 is 11.7 Å².